The predicted molar refractivity (Wildman–Crippen MR) is 93.0 cm³/mol. The van der Waals surface area contributed by atoms with Crippen molar-refractivity contribution in [2.24, 2.45) is 0 Å². The van der Waals surface area contributed by atoms with Crippen LogP contribution in [0.1, 0.15) is 24.2 Å². The summed E-state index contributed by atoms with van der Waals surface area (Å²) in [4.78, 5) is 23.9. The first-order valence-corrected chi connectivity index (χ1v) is 8.21. The molecule has 1 aromatic heterocycles. The number of rotatable bonds is 1. The Morgan fingerprint density at radius 2 is 1.54 bits per heavy atom. The molecule has 1 amide bonds. The number of amides is 1. The van der Waals surface area contributed by atoms with Crippen LogP contribution >= 0.6 is 0 Å². The summed E-state index contributed by atoms with van der Waals surface area (Å²) in [5, 5.41) is 0. The van der Waals surface area contributed by atoms with Gasteiger partial charge in [0.15, 0.2) is 0 Å². The molecule has 2 atom stereocenters. The van der Waals surface area contributed by atoms with Gasteiger partial charge in [0.25, 0.3) is 5.91 Å². The van der Waals surface area contributed by atoms with E-state index in [2.05, 4.69) is 9.97 Å². The zero-order valence-corrected chi connectivity index (χ0v) is 13.8. The van der Waals surface area contributed by atoms with Crippen molar-refractivity contribution in [1.82, 2.24) is 14.9 Å². The fourth-order valence-electron chi connectivity index (χ4n) is 3.28. The summed E-state index contributed by atoms with van der Waals surface area (Å²) in [6.07, 6.45) is 0.115. The van der Waals surface area contributed by atoms with Crippen LogP contribution in [-0.2, 0) is 4.74 Å². The molecule has 1 saturated heterocycles. The molecule has 2 unspecified atom stereocenters. The summed E-state index contributed by atoms with van der Waals surface area (Å²) in [7, 11) is 0. The molecule has 4 rings (SSSR count). The summed E-state index contributed by atoms with van der Waals surface area (Å²) in [5.74, 6) is 0.0221. The van der Waals surface area contributed by atoms with Crippen molar-refractivity contribution < 1.29 is 9.53 Å². The Labute approximate surface area is 140 Å². The van der Waals surface area contributed by atoms with Gasteiger partial charge in [0.2, 0.25) is 0 Å². The highest BCUT2D eigenvalue weighted by Crippen LogP contribution is 2.20. The van der Waals surface area contributed by atoms with Crippen LogP contribution in [0.2, 0.25) is 0 Å². The van der Waals surface area contributed by atoms with Crippen molar-refractivity contribution in [1.29, 1.82) is 0 Å². The van der Waals surface area contributed by atoms with Gasteiger partial charge in [0.05, 0.1) is 34.3 Å². The lowest BCUT2D eigenvalue weighted by molar-refractivity contribution is -0.0586. The second-order valence-electron chi connectivity index (χ2n) is 6.38. The fourth-order valence-corrected chi connectivity index (χ4v) is 3.28. The second-order valence-corrected chi connectivity index (χ2v) is 6.38. The Kier molecular flexibility index (Phi) is 3.65. The Balaban J connectivity index is 1.71. The molecular weight excluding hydrogens is 302 g/mol. The van der Waals surface area contributed by atoms with Gasteiger partial charge in [-0.1, -0.05) is 12.1 Å². The monoisotopic (exact) mass is 321 g/mol. The molecule has 2 heterocycles. The molecule has 2 aromatic carbocycles. The third-order valence-corrected chi connectivity index (χ3v) is 4.29. The topological polar surface area (TPSA) is 55.3 Å². The maximum Gasteiger partial charge on any atom is 0.254 e. The molecule has 5 heteroatoms. The molecule has 0 N–H and O–H groups in total. The summed E-state index contributed by atoms with van der Waals surface area (Å²) in [6.45, 7) is 5.22. The van der Waals surface area contributed by atoms with Gasteiger partial charge in [-0.25, -0.2) is 9.97 Å². The third-order valence-electron chi connectivity index (χ3n) is 4.29. The first-order chi connectivity index (χ1) is 11.6. The third kappa shape index (κ3) is 2.71. The number of aromatic nitrogens is 2. The molecule has 1 fully saturated rings. The maximum atomic E-state index is 12.8. The van der Waals surface area contributed by atoms with Gasteiger partial charge < -0.3 is 9.64 Å². The van der Waals surface area contributed by atoms with E-state index in [0.29, 0.717) is 18.7 Å². The Hall–Kier alpha value is -2.53. The second kappa shape index (κ2) is 5.83. The van der Waals surface area contributed by atoms with Crippen LogP contribution in [0.25, 0.3) is 22.1 Å². The van der Waals surface area contributed by atoms with E-state index in [9.17, 15) is 4.79 Å². The van der Waals surface area contributed by atoms with Gasteiger partial charge >= 0.3 is 0 Å². The number of ether oxygens (including phenoxy) is 1. The normalized spacial score (nSPS) is 21.3. The lowest BCUT2D eigenvalue weighted by Gasteiger charge is -2.35. The minimum atomic E-state index is 0.0221. The number of hydrogen-bond acceptors (Lipinski definition) is 4. The Morgan fingerprint density at radius 3 is 2.21 bits per heavy atom. The molecule has 24 heavy (non-hydrogen) atoms. The van der Waals surface area contributed by atoms with E-state index in [-0.39, 0.29) is 18.1 Å². The van der Waals surface area contributed by atoms with Crippen LogP contribution in [0.4, 0.5) is 0 Å². The van der Waals surface area contributed by atoms with Crippen LogP contribution in [0.5, 0.6) is 0 Å². The summed E-state index contributed by atoms with van der Waals surface area (Å²) in [5.41, 5.74) is 3.89. The van der Waals surface area contributed by atoms with Gasteiger partial charge in [-0.2, -0.15) is 0 Å². The number of carbonyl (C=O) groups is 1. The molecule has 0 spiro atoms. The van der Waals surface area contributed by atoms with E-state index in [1.165, 1.54) is 0 Å². The number of para-hydroxylation sites is 2. The molecule has 5 nitrogen and oxygen atoms in total. The molecule has 0 aliphatic carbocycles. The lowest BCUT2D eigenvalue weighted by Crippen LogP contribution is -2.48. The van der Waals surface area contributed by atoms with Gasteiger partial charge in [-0.15, -0.1) is 0 Å². The minimum Gasteiger partial charge on any atom is -0.372 e. The smallest absolute Gasteiger partial charge is 0.254 e. The number of hydrogen-bond donors (Lipinski definition) is 0. The zero-order chi connectivity index (χ0) is 16.7. The van der Waals surface area contributed by atoms with Crippen LogP contribution < -0.4 is 0 Å². The van der Waals surface area contributed by atoms with Crippen molar-refractivity contribution in [3.8, 4) is 0 Å². The van der Waals surface area contributed by atoms with E-state index in [4.69, 9.17) is 4.74 Å². The van der Waals surface area contributed by atoms with Gasteiger partial charge in [0.1, 0.15) is 0 Å². The predicted octanol–water partition coefficient (Wildman–Crippen LogP) is 3.03. The van der Waals surface area contributed by atoms with Crippen molar-refractivity contribution in [3.05, 3.63) is 48.0 Å². The van der Waals surface area contributed by atoms with Crippen LogP contribution in [-0.4, -0.2) is 46.1 Å². The van der Waals surface area contributed by atoms with Gasteiger partial charge in [0, 0.05) is 18.7 Å². The highest BCUT2D eigenvalue weighted by molar-refractivity contribution is 5.98. The van der Waals surface area contributed by atoms with Crippen molar-refractivity contribution in [3.63, 3.8) is 0 Å². The maximum absolute atomic E-state index is 12.8. The number of fused-ring (bicyclic) bond motifs is 2. The number of nitrogens with zero attached hydrogens (tertiary/aromatic N) is 3. The SMILES string of the molecule is CC1CN(C(=O)c2ccc3nc4ccccc4nc3c2)CC(C)O1. The van der Waals surface area contributed by atoms with E-state index in [0.717, 1.165) is 22.1 Å². The Bertz CT molecular complexity index is 915. The Morgan fingerprint density at radius 1 is 0.958 bits per heavy atom. The van der Waals surface area contributed by atoms with E-state index in [1.807, 2.05) is 61.2 Å². The van der Waals surface area contributed by atoms with E-state index in [1.54, 1.807) is 0 Å². The van der Waals surface area contributed by atoms with Crippen LogP contribution in [0, 0.1) is 0 Å². The lowest BCUT2D eigenvalue weighted by atomic mass is 10.1. The molecule has 0 bridgehead atoms. The number of morpholine rings is 1. The number of benzene rings is 2. The highest BCUT2D eigenvalue weighted by atomic mass is 16.5. The van der Waals surface area contributed by atoms with Crippen molar-refractivity contribution >= 4 is 28.0 Å². The largest absolute Gasteiger partial charge is 0.372 e. The molecule has 122 valence electrons. The minimum absolute atomic E-state index is 0.0221. The average Bonchev–Trinajstić information content (AvgIpc) is 2.58. The fraction of sp³-hybridized carbons (Fsp3) is 0.316. The average molecular weight is 321 g/mol. The van der Waals surface area contributed by atoms with E-state index < -0.39 is 0 Å². The van der Waals surface area contributed by atoms with Crippen molar-refractivity contribution in [2.75, 3.05) is 13.1 Å². The highest BCUT2D eigenvalue weighted by Gasteiger charge is 2.26. The zero-order valence-electron chi connectivity index (χ0n) is 13.8. The summed E-state index contributed by atoms with van der Waals surface area (Å²) >= 11 is 0. The quantitative estimate of drug-likeness (QED) is 0.647. The van der Waals surface area contributed by atoms with Crippen molar-refractivity contribution in [2.45, 2.75) is 26.1 Å². The standard InChI is InChI=1S/C19H19N3O2/c1-12-10-22(11-13(2)24-12)19(23)14-7-8-17-18(9-14)21-16-6-4-3-5-15(16)20-17/h3-9,12-13H,10-11H2,1-2H3. The first kappa shape index (κ1) is 15.0. The molecule has 3 aromatic rings. The van der Waals surface area contributed by atoms with Gasteiger partial charge in [-0.3, -0.25) is 4.79 Å². The van der Waals surface area contributed by atoms with E-state index >= 15 is 0 Å². The van der Waals surface area contributed by atoms with Gasteiger partial charge in [-0.05, 0) is 44.2 Å². The summed E-state index contributed by atoms with van der Waals surface area (Å²) < 4.78 is 5.70. The first-order valence-electron chi connectivity index (χ1n) is 8.21. The molecule has 0 radical (unpaired) electrons. The molecular formula is C19H19N3O2. The molecule has 0 saturated carbocycles. The summed E-state index contributed by atoms with van der Waals surface area (Å²) in [6, 6.07) is 13.3. The molecule has 1 aliphatic heterocycles. The number of carbonyl (C=O) groups excluding carboxylic acids is 1. The van der Waals surface area contributed by atoms with Crippen LogP contribution in [0.15, 0.2) is 42.5 Å². The van der Waals surface area contributed by atoms with Crippen LogP contribution in [0.3, 0.4) is 0 Å². The molecule has 1 aliphatic rings.